The third-order valence-electron chi connectivity index (χ3n) is 4.26. The van der Waals surface area contributed by atoms with Gasteiger partial charge in [0.05, 0.1) is 18.3 Å². The summed E-state index contributed by atoms with van der Waals surface area (Å²) < 4.78 is 6.95. The van der Waals surface area contributed by atoms with E-state index in [1.54, 1.807) is 24.8 Å². The van der Waals surface area contributed by atoms with Gasteiger partial charge in [0.25, 0.3) is 5.91 Å². The highest BCUT2D eigenvalue weighted by atomic mass is 16.5. The summed E-state index contributed by atoms with van der Waals surface area (Å²) in [7, 11) is 1.59. The van der Waals surface area contributed by atoms with Crippen LogP contribution in [0.1, 0.15) is 16.2 Å². The first-order chi connectivity index (χ1) is 13.2. The number of hydrogen-bond donors (Lipinski definition) is 1. The largest absolute Gasteiger partial charge is 0.494 e. The highest BCUT2D eigenvalue weighted by Crippen LogP contribution is 2.23. The van der Waals surface area contributed by atoms with Crippen LogP contribution in [-0.4, -0.2) is 33.0 Å². The fourth-order valence-electron chi connectivity index (χ4n) is 2.88. The van der Waals surface area contributed by atoms with Crippen LogP contribution in [0.15, 0.2) is 60.7 Å². The Morgan fingerprint density at radius 3 is 2.67 bits per heavy atom. The van der Waals surface area contributed by atoms with Gasteiger partial charge in [-0.05, 0) is 37.3 Å². The van der Waals surface area contributed by atoms with Gasteiger partial charge in [0, 0.05) is 5.39 Å². The molecular formula is C20H17N5O2. The number of nitrogens with zero attached hydrogens (tertiary/aromatic N) is 4. The molecule has 134 valence electrons. The number of nitrogens with one attached hydrogen (secondary N) is 1. The maximum absolute atomic E-state index is 12.7. The molecule has 0 saturated carbocycles. The number of fused-ring (bicyclic) bond motifs is 1. The molecule has 1 N–H and O–H groups in total. The van der Waals surface area contributed by atoms with Gasteiger partial charge >= 0.3 is 0 Å². The third kappa shape index (κ3) is 3.10. The number of ether oxygens (including phenoxy) is 1. The number of para-hydroxylation sites is 3. The number of benzene rings is 2. The lowest BCUT2D eigenvalue weighted by molar-refractivity contribution is 0.102. The van der Waals surface area contributed by atoms with Gasteiger partial charge in [-0.2, -0.15) is 0 Å². The summed E-state index contributed by atoms with van der Waals surface area (Å²) in [6.45, 7) is 1.79. The van der Waals surface area contributed by atoms with Gasteiger partial charge in [-0.3, -0.25) is 4.79 Å². The molecule has 0 aliphatic rings. The smallest absolute Gasteiger partial charge is 0.279 e. The molecule has 2 aromatic carbocycles. The zero-order chi connectivity index (χ0) is 18.8. The molecule has 27 heavy (non-hydrogen) atoms. The maximum atomic E-state index is 12.7. The van der Waals surface area contributed by atoms with E-state index in [0.29, 0.717) is 22.9 Å². The molecule has 0 saturated heterocycles. The van der Waals surface area contributed by atoms with Crippen molar-refractivity contribution in [2.24, 2.45) is 0 Å². The van der Waals surface area contributed by atoms with E-state index >= 15 is 0 Å². The average Bonchev–Trinajstić information content (AvgIpc) is 3.09. The fourth-order valence-corrected chi connectivity index (χ4v) is 2.88. The Labute approximate surface area is 155 Å². The molecule has 7 nitrogen and oxygen atoms in total. The van der Waals surface area contributed by atoms with Crippen LogP contribution < -0.4 is 10.1 Å². The van der Waals surface area contributed by atoms with E-state index in [0.717, 1.165) is 10.9 Å². The van der Waals surface area contributed by atoms with Gasteiger partial charge in [-0.1, -0.05) is 35.5 Å². The van der Waals surface area contributed by atoms with Gasteiger partial charge < -0.3 is 10.1 Å². The molecule has 1 amide bonds. The topological polar surface area (TPSA) is 81.9 Å². The van der Waals surface area contributed by atoms with Crippen molar-refractivity contribution in [2.45, 2.75) is 6.92 Å². The molecule has 0 bridgehead atoms. The molecule has 2 heterocycles. The van der Waals surface area contributed by atoms with E-state index in [2.05, 4.69) is 20.6 Å². The van der Waals surface area contributed by atoms with Gasteiger partial charge in [0.15, 0.2) is 5.69 Å². The van der Waals surface area contributed by atoms with Crippen molar-refractivity contribution in [3.05, 3.63) is 72.1 Å². The molecule has 0 fully saturated rings. The molecule has 0 aliphatic heterocycles. The second-order valence-electron chi connectivity index (χ2n) is 5.95. The van der Waals surface area contributed by atoms with E-state index in [-0.39, 0.29) is 11.6 Å². The maximum Gasteiger partial charge on any atom is 0.279 e. The average molecular weight is 359 g/mol. The number of carbonyl (C=O) groups is 1. The predicted molar refractivity (Wildman–Crippen MR) is 102 cm³/mol. The highest BCUT2D eigenvalue weighted by molar-refractivity contribution is 6.03. The van der Waals surface area contributed by atoms with Crippen LogP contribution in [0.5, 0.6) is 5.75 Å². The van der Waals surface area contributed by atoms with Gasteiger partial charge in [-0.25, -0.2) is 9.67 Å². The van der Waals surface area contributed by atoms with E-state index in [9.17, 15) is 4.79 Å². The van der Waals surface area contributed by atoms with E-state index in [1.165, 1.54) is 0 Å². The monoisotopic (exact) mass is 359 g/mol. The number of aromatic nitrogens is 4. The molecule has 0 spiro atoms. The number of amides is 1. The number of anilines is 1. The van der Waals surface area contributed by atoms with Gasteiger partial charge in [-0.15, -0.1) is 5.10 Å². The SMILES string of the molecule is COc1ccccc1-n1nnc(C(=O)Nc2ccc3ccccc3n2)c1C. The lowest BCUT2D eigenvalue weighted by Gasteiger charge is -2.09. The van der Waals surface area contributed by atoms with Crippen molar-refractivity contribution < 1.29 is 9.53 Å². The van der Waals surface area contributed by atoms with E-state index in [4.69, 9.17) is 4.74 Å². The first-order valence-corrected chi connectivity index (χ1v) is 8.40. The standard InChI is InChI=1S/C20H17N5O2/c1-13-19(23-24-25(13)16-9-5-6-10-17(16)27-2)20(26)22-18-12-11-14-7-3-4-8-15(14)21-18/h3-12H,1-2H3,(H,21,22,26). The van der Waals surface area contributed by atoms with Crippen LogP contribution in [0.2, 0.25) is 0 Å². The third-order valence-corrected chi connectivity index (χ3v) is 4.26. The number of rotatable bonds is 4. The van der Waals surface area contributed by atoms with Crippen LogP contribution >= 0.6 is 0 Å². The minimum atomic E-state index is -0.364. The van der Waals surface area contributed by atoms with Crippen LogP contribution in [-0.2, 0) is 0 Å². The fraction of sp³-hybridized carbons (Fsp3) is 0.100. The highest BCUT2D eigenvalue weighted by Gasteiger charge is 2.19. The Balaban J connectivity index is 1.63. The summed E-state index contributed by atoms with van der Waals surface area (Å²) >= 11 is 0. The van der Waals surface area contributed by atoms with Crippen LogP contribution in [0.25, 0.3) is 16.6 Å². The molecule has 4 aromatic rings. The molecule has 2 aromatic heterocycles. The van der Waals surface area contributed by atoms with Crippen molar-refractivity contribution >= 4 is 22.6 Å². The van der Waals surface area contributed by atoms with Crippen molar-refractivity contribution in [1.29, 1.82) is 0 Å². The summed E-state index contributed by atoms with van der Waals surface area (Å²) in [4.78, 5) is 17.1. The summed E-state index contributed by atoms with van der Waals surface area (Å²) in [5, 5.41) is 12.0. The zero-order valence-electron chi connectivity index (χ0n) is 14.9. The lowest BCUT2D eigenvalue weighted by atomic mass is 10.2. The zero-order valence-corrected chi connectivity index (χ0v) is 14.9. The Morgan fingerprint density at radius 2 is 1.81 bits per heavy atom. The summed E-state index contributed by atoms with van der Waals surface area (Å²) in [6, 6.07) is 18.8. The minimum absolute atomic E-state index is 0.232. The van der Waals surface area contributed by atoms with Crippen molar-refractivity contribution in [3.63, 3.8) is 0 Å². The number of methoxy groups -OCH3 is 1. The second kappa shape index (κ2) is 6.87. The molecule has 0 atom stereocenters. The first kappa shape index (κ1) is 16.7. The molecule has 7 heteroatoms. The summed E-state index contributed by atoms with van der Waals surface area (Å²) in [5.41, 5.74) is 2.37. The Morgan fingerprint density at radius 1 is 1.04 bits per heavy atom. The summed E-state index contributed by atoms with van der Waals surface area (Å²) in [5.74, 6) is 0.745. The van der Waals surface area contributed by atoms with Crippen LogP contribution in [0, 0.1) is 6.92 Å². The van der Waals surface area contributed by atoms with Crippen LogP contribution in [0.4, 0.5) is 5.82 Å². The van der Waals surface area contributed by atoms with Crippen molar-refractivity contribution in [1.82, 2.24) is 20.0 Å². The molecule has 0 unspecified atom stereocenters. The number of hydrogen-bond acceptors (Lipinski definition) is 5. The summed E-state index contributed by atoms with van der Waals surface area (Å²) in [6.07, 6.45) is 0. The number of carbonyl (C=O) groups excluding carboxylic acids is 1. The predicted octanol–water partition coefficient (Wildman–Crippen LogP) is 3.38. The molecule has 0 aliphatic carbocycles. The van der Waals surface area contributed by atoms with Gasteiger partial charge in [0.2, 0.25) is 0 Å². The molecule has 0 radical (unpaired) electrons. The number of pyridine rings is 1. The quantitative estimate of drug-likeness (QED) is 0.604. The first-order valence-electron chi connectivity index (χ1n) is 8.40. The Hall–Kier alpha value is -3.74. The van der Waals surface area contributed by atoms with Crippen LogP contribution in [0.3, 0.4) is 0 Å². The van der Waals surface area contributed by atoms with E-state index in [1.807, 2.05) is 54.6 Å². The van der Waals surface area contributed by atoms with Crippen molar-refractivity contribution in [2.75, 3.05) is 12.4 Å². The van der Waals surface area contributed by atoms with E-state index < -0.39 is 0 Å². The lowest BCUT2D eigenvalue weighted by Crippen LogP contribution is -2.15. The molecular weight excluding hydrogens is 342 g/mol. The second-order valence-corrected chi connectivity index (χ2v) is 5.95. The normalized spacial score (nSPS) is 10.7. The van der Waals surface area contributed by atoms with Crippen molar-refractivity contribution in [3.8, 4) is 11.4 Å². The minimum Gasteiger partial charge on any atom is -0.494 e. The Kier molecular flexibility index (Phi) is 4.25. The Bertz CT molecular complexity index is 1140. The van der Waals surface area contributed by atoms with Gasteiger partial charge in [0.1, 0.15) is 17.3 Å². The molecule has 4 rings (SSSR count).